The molecule has 0 radical (unpaired) electrons. The summed E-state index contributed by atoms with van der Waals surface area (Å²) in [5.74, 6) is 0.000409. The number of benzene rings is 2. The second-order valence-electron chi connectivity index (χ2n) is 8.33. The third-order valence-corrected chi connectivity index (χ3v) is 5.97. The minimum atomic E-state index is -0.485. The Hall–Kier alpha value is -3.02. The fraction of sp³-hybridized carbons (Fsp3) is 0.308. The Morgan fingerprint density at radius 1 is 1.06 bits per heavy atom. The van der Waals surface area contributed by atoms with Crippen LogP contribution < -0.4 is 5.32 Å². The SMILES string of the molecule is CN(Cc1cccnc1)C(=O)c1ccc(C[C@@H]2CC[C@H]([C@H](O)c3ccccc3)N2)cc1. The molecule has 0 spiro atoms. The number of carbonyl (C=O) groups is 1. The van der Waals surface area contributed by atoms with Crippen molar-refractivity contribution >= 4 is 5.91 Å². The largest absolute Gasteiger partial charge is 0.387 e. The standard InChI is InChI=1S/C26H29N3O2/c1-29(18-20-6-5-15-27-17-20)26(31)22-11-9-19(10-12-22)16-23-13-14-24(28-23)25(30)21-7-3-2-4-8-21/h2-12,15,17,23-25,28,30H,13-14,16,18H2,1H3/t23-,24+,25+/m0/s1. The van der Waals surface area contributed by atoms with Gasteiger partial charge in [0.25, 0.3) is 5.91 Å². The molecule has 4 rings (SSSR count). The van der Waals surface area contributed by atoms with Crippen LogP contribution in [0.25, 0.3) is 0 Å². The molecule has 5 nitrogen and oxygen atoms in total. The van der Waals surface area contributed by atoms with Crippen LogP contribution in [0.1, 0.15) is 46.0 Å². The predicted octanol–water partition coefficient (Wildman–Crippen LogP) is 3.75. The van der Waals surface area contributed by atoms with Crippen LogP contribution in [-0.2, 0) is 13.0 Å². The van der Waals surface area contributed by atoms with Crippen molar-refractivity contribution in [2.45, 2.75) is 44.0 Å². The topological polar surface area (TPSA) is 65.5 Å². The molecule has 2 heterocycles. The quantitative estimate of drug-likeness (QED) is 0.617. The fourth-order valence-electron chi connectivity index (χ4n) is 4.27. The molecule has 0 bridgehead atoms. The van der Waals surface area contributed by atoms with Gasteiger partial charge in [0.1, 0.15) is 0 Å². The number of pyridine rings is 1. The van der Waals surface area contributed by atoms with Gasteiger partial charge in [-0.15, -0.1) is 0 Å². The van der Waals surface area contributed by atoms with E-state index in [4.69, 9.17) is 0 Å². The Labute approximate surface area is 183 Å². The minimum Gasteiger partial charge on any atom is -0.387 e. The van der Waals surface area contributed by atoms with Crippen molar-refractivity contribution in [3.63, 3.8) is 0 Å². The summed E-state index contributed by atoms with van der Waals surface area (Å²) in [4.78, 5) is 18.5. The smallest absolute Gasteiger partial charge is 0.253 e. The molecule has 0 aliphatic carbocycles. The highest BCUT2D eigenvalue weighted by Crippen LogP contribution is 2.26. The number of amides is 1. The molecule has 2 N–H and O–H groups in total. The van der Waals surface area contributed by atoms with Crippen LogP contribution in [0.4, 0.5) is 0 Å². The Morgan fingerprint density at radius 2 is 1.84 bits per heavy atom. The fourth-order valence-corrected chi connectivity index (χ4v) is 4.27. The van der Waals surface area contributed by atoms with E-state index in [0.29, 0.717) is 18.2 Å². The Kier molecular flexibility index (Phi) is 6.75. The van der Waals surface area contributed by atoms with Crippen LogP contribution in [0.3, 0.4) is 0 Å². The van der Waals surface area contributed by atoms with Gasteiger partial charge in [-0.05, 0) is 54.2 Å². The van der Waals surface area contributed by atoms with Crippen molar-refractivity contribution in [1.29, 1.82) is 0 Å². The van der Waals surface area contributed by atoms with E-state index in [9.17, 15) is 9.90 Å². The number of hydrogen-bond acceptors (Lipinski definition) is 4. The predicted molar refractivity (Wildman–Crippen MR) is 122 cm³/mol. The van der Waals surface area contributed by atoms with Gasteiger partial charge in [0, 0.05) is 43.6 Å². The summed E-state index contributed by atoms with van der Waals surface area (Å²) < 4.78 is 0. The Bertz CT molecular complexity index is 977. The zero-order valence-corrected chi connectivity index (χ0v) is 17.8. The van der Waals surface area contributed by atoms with Gasteiger partial charge in [0.05, 0.1) is 6.10 Å². The van der Waals surface area contributed by atoms with E-state index in [0.717, 1.165) is 30.4 Å². The number of carbonyl (C=O) groups excluding carboxylic acids is 1. The Morgan fingerprint density at radius 3 is 2.55 bits per heavy atom. The first-order chi connectivity index (χ1) is 15.1. The van der Waals surface area contributed by atoms with Gasteiger partial charge in [-0.2, -0.15) is 0 Å². The zero-order valence-electron chi connectivity index (χ0n) is 17.8. The third-order valence-electron chi connectivity index (χ3n) is 5.97. The third kappa shape index (κ3) is 5.37. The van der Waals surface area contributed by atoms with Crippen molar-refractivity contribution in [3.8, 4) is 0 Å². The lowest BCUT2D eigenvalue weighted by Crippen LogP contribution is -2.35. The first kappa shape index (κ1) is 21.2. The molecule has 1 aliphatic rings. The molecule has 1 amide bonds. The van der Waals surface area contributed by atoms with Crippen LogP contribution in [0.5, 0.6) is 0 Å². The van der Waals surface area contributed by atoms with Gasteiger partial charge in [0.15, 0.2) is 0 Å². The molecule has 2 aromatic carbocycles. The summed E-state index contributed by atoms with van der Waals surface area (Å²) in [5.41, 5.74) is 3.85. The van der Waals surface area contributed by atoms with Crippen LogP contribution in [0, 0.1) is 0 Å². The normalized spacial score (nSPS) is 19.2. The van der Waals surface area contributed by atoms with Gasteiger partial charge >= 0.3 is 0 Å². The van der Waals surface area contributed by atoms with E-state index in [-0.39, 0.29) is 11.9 Å². The lowest BCUT2D eigenvalue weighted by Gasteiger charge is -2.20. The van der Waals surface area contributed by atoms with Crippen molar-refractivity contribution < 1.29 is 9.90 Å². The maximum atomic E-state index is 12.7. The van der Waals surface area contributed by atoms with Crippen LogP contribution in [0.2, 0.25) is 0 Å². The van der Waals surface area contributed by atoms with E-state index in [1.54, 1.807) is 17.3 Å². The highest BCUT2D eigenvalue weighted by atomic mass is 16.3. The first-order valence-electron chi connectivity index (χ1n) is 10.8. The van der Waals surface area contributed by atoms with Gasteiger partial charge in [0.2, 0.25) is 0 Å². The maximum Gasteiger partial charge on any atom is 0.253 e. The van der Waals surface area contributed by atoms with E-state index >= 15 is 0 Å². The summed E-state index contributed by atoms with van der Waals surface area (Å²) >= 11 is 0. The van der Waals surface area contributed by atoms with Crippen molar-refractivity contribution in [3.05, 3.63) is 101 Å². The number of rotatable bonds is 7. The second kappa shape index (κ2) is 9.86. The molecule has 1 aromatic heterocycles. The average Bonchev–Trinajstić information content (AvgIpc) is 3.28. The molecule has 3 aromatic rings. The average molecular weight is 416 g/mol. The number of nitrogens with zero attached hydrogens (tertiary/aromatic N) is 2. The number of aliphatic hydroxyl groups excluding tert-OH is 1. The van der Waals surface area contributed by atoms with E-state index < -0.39 is 6.10 Å². The Balaban J connectivity index is 1.31. The molecule has 1 fully saturated rings. The summed E-state index contributed by atoms with van der Waals surface area (Å²) in [6.45, 7) is 0.533. The maximum absolute atomic E-state index is 12.7. The number of nitrogens with one attached hydrogen (secondary N) is 1. The highest BCUT2D eigenvalue weighted by molar-refractivity contribution is 5.94. The molecule has 160 valence electrons. The molecular formula is C26H29N3O2. The zero-order chi connectivity index (χ0) is 21.6. The summed E-state index contributed by atoms with van der Waals surface area (Å²) in [6, 6.07) is 22.0. The summed E-state index contributed by atoms with van der Waals surface area (Å²) in [6.07, 6.45) is 5.90. The molecule has 0 saturated carbocycles. The number of hydrogen-bond donors (Lipinski definition) is 2. The minimum absolute atomic E-state index is 0.000409. The number of aliphatic hydroxyl groups is 1. The lowest BCUT2D eigenvalue weighted by molar-refractivity contribution is 0.0785. The second-order valence-corrected chi connectivity index (χ2v) is 8.33. The van der Waals surface area contributed by atoms with E-state index in [2.05, 4.69) is 10.3 Å². The van der Waals surface area contributed by atoms with Crippen molar-refractivity contribution in [2.24, 2.45) is 0 Å². The van der Waals surface area contributed by atoms with Crippen LogP contribution in [0.15, 0.2) is 79.1 Å². The van der Waals surface area contributed by atoms with Crippen molar-refractivity contribution in [2.75, 3.05) is 7.05 Å². The van der Waals surface area contributed by atoms with Gasteiger partial charge in [-0.25, -0.2) is 0 Å². The van der Waals surface area contributed by atoms with Crippen molar-refractivity contribution in [1.82, 2.24) is 15.2 Å². The van der Waals surface area contributed by atoms with Crippen LogP contribution >= 0.6 is 0 Å². The molecule has 5 heteroatoms. The molecule has 31 heavy (non-hydrogen) atoms. The first-order valence-corrected chi connectivity index (χ1v) is 10.8. The monoisotopic (exact) mass is 415 g/mol. The molecule has 3 atom stereocenters. The van der Waals surface area contributed by atoms with Gasteiger partial charge in [-0.3, -0.25) is 9.78 Å². The van der Waals surface area contributed by atoms with Gasteiger partial charge in [-0.1, -0.05) is 48.5 Å². The highest BCUT2D eigenvalue weighted by Gasteiger charge is 2.29. The van der Waals surface area contributed by atoms with Crippen LogP contribution in [-0.4, -0.2) is 40.0 Å². The molecule has 1 saturated heterocycles. The van der Waals surface area contributed by atoms with E-state index in [1.807, 2.05) is 73.8 Å². The summed E-state index contributed by atoms with van der Waals surface area (Å²) in [7, 11) is 1.81. The van der Waals surface area contributed by atoms with Gasteiger partial charge < -0.3 is 15.3 Å². The number of aromatic nitrogens is 1. The lowest BCUT2D eigenvalue weighted by atomic mass is 10.0. The van der Waals surface area contributed by atoms with E-state index in [1.165, 1.54) is 5.56 Å². The molecule has 1 aliphatic heterocycles. The molecular weight excluding hydrogens is 386 g/mol. The summed E-state index contributed by atoms with van der Waals surface area (Å²) in [5, 5.41) is 14.2. The molecule has 0 unspecified atom stereocenters.